The second kappa shape index (κ2) is 8.64. The number of hydrazone groups is 1. The number of thiocarbonyl (C=S) groups is 1. The lowest BCUT2D eigenvalue weighted by Crippen LogP contribution is -2.24. The van der Waals surface area contributed by atoms with Gasteiger partial charge in [0, 0.05) is 18.4 Å². The van der Waals surface area contributed by atoms with Crippen molar-refractivity contribution >= 4 is 29.2 Å². The third kappa shape index (κ3) is 4.83. The molecule has 0 bridgehead atoms. The molecule has 4 nitrogen and oxygen atoms in total. The summed E-state index contributed by atoms with van der Waals surface area (Å²) in [6.07, 6.45) is 3.85. The number of anilines is 1. The highest BCUT2D eigenvalue weighted by atomic mass is 32.1. The minimum absolute atomic E-state index is 0.473. The molecule has 0 saturated heterocycles. The SMILES string of the molecule is Cc1ccccc1Cn1cccc1/C=N\NC(=S)Nc1c(C)cccc1C. The van der Waals surface area contributed by atoms with E-state index in [2.05, 4.69) is 83.8 Å². The van der Waals surface area contributed by atoms with Crippen LogP contribution in [0, 0.1) is 20.8 Å². The highest BCUT2D eigenvalue weighted by molar-refractivity contribution is 7.80. The number of hydrogen-bond acceptors (Lipinski definition) is 2. The molecule has 5 heteroatoms. The maximum Gasteiger partial charge on any atom is 0.191 e. The molecule has 0 unspecified atom stereocenters. The average molecular weight is 377 g/mol. The van der Waals surface area contributed by atoms with Crippen molar-refractivity contribution in [1.29, 1.82) is 0 Å². The van der Waals surface area contributed by atoms with E-state index in [1.807, 2.05) is 18.2 Å². The van der Waals surface area contributed by atoms with Gasteiger partial charge in [-0.1, -0.05) is 42.5 Å². The zero-order chi connectivity index (χ0) is 19.2. The van der Waals surface area contributed by atoms with Crippen LogP contribution in [0.15, 0.2) is 65.9 Å². The van der Waals surface area contributed by atoms with E-state index in [0.29, 0.717) is 5.11 Å². The first-order chi connectivity index (χ1) is 13.0. The predicted molar refractivity (Wildman–Crippen MR) is 118 cm³/mol. The molecule has 2 aromatic carbocycles. The molecule has 138 valence electrons. The van der Waals surface area contributed by atoms with Crippen molar-refractivity contribution < 1.29 is 0 Å². The van der Waals surface area contributed by atoms with Crippen molar-refractivity contribution in [3.63, 3.8) is 0 Å². The number of aryl methyl sites for hydroxylation is 3. The zero-order valence-corrected chi connectivity index (χ0v) is 16.7. The third-order valence-electron chi connectivity index (χ3n) is 4.55. The third-order valence-corrected chi connectivity index (χ3v) is 4.74. The molecule has 3 rings (SSSR count). The van der Waals surface area contributed by atoms with Gasteiger partial charge in [-0.05, 0) is 67.4 Å². The Balaban J connectivity index is 1.63. The van der Waals surface area contributed by atoms with E-state index in [0.717, 1.165) is 29.1 Å². The van der Waals surface area contributed by atoms with Gasteiger partial charge in [0.1, 0.15) is 0 Å². The lowest BCUT2D eigenvalue weighted by molar-refractivity contribution is 0.793. The first kappa shape index (κ1) is 18.9. The molecule has 1 heterocycles. The van der Waals surface area contributed by atoms with Crippen LogP contribution < -0.4 is 10.7 Å². The van der Waals surface area contributed by atoms with E-state index < -0.39 is 0 Å². The highest BCUT2D eigenvalue weighted by Gasteiger charge is 2.04. The van der Waals surface area contributed by atoms with E-state index in [4.69, 9.17) is 12.2 Å². The maximum absolute atomic E-state index is 5.36. The second-order valence-corrected chi connectivity index (χ2v) is 6.99. The average Bonchev–Trinajstić information content (AvgIpc) is 3.07. The Morgan fingerprint density at radius 1 is 0.963 bits per heavy atom. The van der Waals surface area contributed by atoms with E-state index in [1.165, 1.54) is 11.1 Å². The van der Waals surface area contributed by atoms with Gasteiger partial charge >= 0.3 is 0 Å². The number of nitrogens with one attached hydrogen (secondary N) is 2. The molecule has 0 amide bonds. The molecular formula is C22H24N4S. The van der Waals surface area contributed by atoms with Gasteiger partial charge in [-0.3, -0.25) is 5.43 Å². The van der Waals surface area contributed by atoms with Gasteiger partial charge in [0.2, 0.25) is 0 Å². The van der Waals surface area contributed by atoms with Crippen LogP contribution in [0.1, 0.15) is 27.9 Å². The molecule has 2 N–H and O–H groups in total. The van der Waals surface area contributed by atoms with Crippen molar-refractivity contribution in [3.8, 4) is 0 Å². The summed E-state index contributed by atoms with van der Waals surface area (Å²) in [4.78, 5) is 0. The summed E-state index contributed by atoms with van der Waals surface area (Å²) >= 11 is 5.36. The fraction of sp³-hybridized carbons (Fsp3) is 0.182. The van der Waals surface area contributed by atoms with Crippen LogP contribution in [-0.2, 0) is 6.54 Å². The van der Waals surface area contributed by atoms with Crippen LogP contribution in [0.3, 0.4) is 0 Å². The molecular weight excluding hydrogens is 352 g/mol. The van der Waals surface area contributed by atoms with Crippen LogP contribution in [0.4, 0.5) is 5.69 Å². The van der Waals surface area contributed by atoms with E-state index in [1.54, 1.807) is 6.21 Å². The summed E-state index contributed by atoms with van der Waals surface area (Å²) in [5, 5.41) is 7.99. The molecule has 0 fully saturated rings. The van der Waals surface area contributed by atoms with Crippen molar-refractivity contribution in [2.75, 3.05) is 5.32 Å². The summed E-state index contributed by atoms with van der Waals surface area (Å²) in [7, 11) is 0. The Kier molecular flexibility index (Phi) is 6.04. The first-order valence-corrected chi connectivity index (χ1v) is 9.31. The van der Waals surface area contributed by atoms with Crippen LogP contribution in [0.2, 0.25) is 0 Å². The molecule has 0 aliphatic rings. The Morgan fingerprint density at radius 3 is 2.41 bits per heavy atom. The number of aromatic nitrogens is 1. The highest BCUT2D eigenvalue weighted by Crippen LogP contribution is 2.19. The molecule has 1 aromatic heterocycles. The summed E-state index contributed by atoms with van der Waals surface area (Å²) < 4.78 is 2.16. The van der Waals surface area contributed by atoms with Gasteiger partial charge in [0.15, 0.2) is 5.11 Å². The van der Waals surface area contributed by atoms with Gasteiger partial charge in [0.05, 0.1) is 11.9 Å². The first-order valence-electron chi connectivity index (χ1n) is 8.90. The van der Waals surface area contributed by atoms with Crippen LogP contribution in [0.25, 0.3) is 0 Å². The summed E-state index contributed by atoms with van der Waals surface area (Å²) in [5.74, 6) is 0. The lowest BCUT2D eigenvalue weighted by atomic mass is 10.1. The second-order valence-electron chi connectivity index (χ2n) is 6.58. The molecule has 3 aromatic rings. The Labute approximate surface area is 165 Å². The fourth-order valence-corrected chi connectivity index (χ4v) is 3.12. The van der Waals surface area contributed by atoms with Crippen molar-refractivity contribution in [2.24, 2.45) is 5.10 Å². The summed E-state index contributed by atoms with van der Waals surface area (Å²) in [5.41, 5.74) is 9.81. The zero-order valence-electron chi connectivity index (χ0n) is 15.9. The number of benzene rings is 2. The minimum atomic E-state index is 0.473. The normalized spacial score (nSPS) is 10.9. The monoisotopic (exact) mass is 376 g/mol. The smallest absolute Gasteiger partial charge is 0.191 e. The predicted octanol–water partition coefficient (Wildman–Crippen LogP) is 4.78. The topological polar surface area (TPSA) is 41.4 Å². The Hall–Kier alpha value is -2.92. The van der Waals surface area contributed by atoms with Crippen LogP contribution >= 0.6 is 12.2 Å². The molecule has 0 radical (unpaired) electrons. The number of para-hydroxylation sites is 1. The van der Waals surface area contributed by atoms with Crippen LogP contribution in [-0.4, -0.2) is 15.9 Å². The van der Waals surface area contributed by atoms with Gasteiger partial charge in [-0.25, -0.2) is 0 Å². The molecule has 27 heavy (non-hydrogen) atoms. The minimum Gasteiger partial charge on any atom is -0.342 e. The van der Waals surface area contributed by atoms with Crippen molar-refractivity contribution in [1.82, 2.24) is 9.99 Å². The van der Waals surface area contributed by atoms with Gasteiger partial charge < -0.3 is 9.88 Å². The molecule has 0 aliphatic carbocycles. The van der Waals surface area contributed by atoms with Crippen molar-refractivity contribution in [3.05, 3.63) is 88.7 Å². The number of hydrogen-bond donors (Lipinski definition) is 2. The van der Waals surface area contributed by atoms with E-state index in [9.17, 15) is 0 Å². The fourth-order valence-electron chi connectivity index (χ4n) is 2.97. The summed E-state index contributed by atoms with van der Waals surface area (Å²) in [6.45, 7) is 7.05. The Morgan fingerprint density at radius 2 is 1.67 bits per heavy atom. The molecule has 0 saturated carbocycles. The molecule has 0 spiro atoms. The lowest BCUT2D eigenvalue weighted by Gasteiger charge is -2.12. The van der Waals surface area contributed by atoms with Gasteiger partial charge in [-0.2, -0.15) is 5.10 Å². The summed E-state index contributed by atoms with van der Waals surface area (Å²) in [6, 6.07) is 18.6. The number of rotatable bonds is 5. The Bertz CT molecular complexity index is 952. The van der Waals surface area contributed by atoms with Gasteiger partial charge in [-0.15, -0.1) is 0 Å². The molecule has 0 aliphatic heterocycles. The van der Waals surface area contributed by atoms with Crippen molar-refractivity contribution in [2.45, 2.75) is 27.3 Å². The van der Waals surface area contributed by atoms with Gasteiger partial charge in [0.25, 0.3) is 0 Å². The standard InChI is InChI=1S/C22H24N4S/c1-16-8-4-5-11-19(16)15-26-13-7-12-20(26)14-23-25-22(27)24-21-17(2)9-6-10-18(21)3/h4-14H,15H2,1-3H3,(H2,24,25,27)/b23-14-. The van der Waals surface area contributed by atoms with E-state index >= 15 is 0 Å². The number of nitrogens with zero attached hydrogens (tertiary/aromatic N) is 2. The molecule has 0 atom stereocenters. The van der Waals surface area contributed by atoms with Crippen LogP contribution in [0.5, 0.6) is 0 Å². The maximum atomic E-state index is 5.36. The van der Waals surface area contributed by atoms with E-state index in [-0.39, 0.29) is 0 Å². The quantitative estimate of drug-likeness (QED) is 0.382. The largest absolute Gasteiger partial charge is 0.342 e.